The number of nitrogens with one attached hydrogen (secondary N) is 1. The van der Waals surface area contributed by atoms with Crippen molar-refractivity contribution in [2.75, 3.05) is 7.11 Å². The van der Waals surface area contributed by atoms with Crippen LogP contribution in [0.4, 0.5) is 5.69 Å². The van der Waals surface area contributed by atoms with Crippen molar-refractivity contribution >= 4 is 44.2 Å². The number of thioether (sulfide) groups is 1. The highest BCUT2D eigenvalue weighted by Gasteiger charge is 2.23. The lowest BCUT2D eigenvalue weighted by atomic mass is 9.89. The number of benzene rings is 1. The van der Waals surface area contributed by atoms with Crippen LogP contribution in [-0.4, -0.2) is 22.2 Å². The van der Waals surface area contributed by atoms with Crippen molar-refractivity contribution in [2.45, 2.75) is 31.9 Å². The van der Waals surface area contributed by atoms with Crippen LogP contribution >= 0.6 is 23.1 Å². The van der Waals surface area contributed by atoms with Crippen LogP contribution in [0.15, 0.2) is 34.1 Å². The van der Waals surface area contributed by atoms with E-state index in [4.69, 9.17) is 10.5 Å². The van der Waals surface area contributed by atoms with Crippen LogP contribution in [0.3, 0.4) is 0 Å². The number of aromatic amines is 1. The van der Waals surface area contributed by atoms with Crippen molar-refractivity contribution in [1.82, 2.24) is 9.97 Å². The molecule has 0 aliphatic heterocycles. The van der Waals surface area contributed by atoms with Gasteiger partial charge in [-0.25, -0.2) is 9.98 Å². The number of nitrogens with two attached hydrogens (primary N) is 1. The lowest BCUT2D eigenvalue weighted by molar-refractivity contribution is 0.415. The average molecular weight is 415 g/mol. The Kier molecular flexibility index (Phi) is 5.41. The van der Waals surface area contributed by atoms with E-state index >= 15 is 0 Å². The Bertz CT molecular complexity index is 1100. The summed E-state index contributed by atoms with van der Waals surface area (Å²) in [5.74, 6) is 2.48. The summed E-state index contributed by atoms with van der Waals surface area (Å²) in [6.07, 6.45) is 3.14. The molecule has 28 heavy (non-hydrogen) atoms. The Morgan fingerprint density at radius 3 is 3.18 bits per heavy atom. The first kappa shape index (κ1) is 19.0. The zero-order chi connectivity index (χ0) is 19.7. The summed E-state index contributed by atoms with van der Waals surface area (Å²) in [5.41, 5.74) is 7.92. The average Bonchev–Trinajstić information content (AvgIpc) is 3.04. The molecular weight excluding hydrogens is 392 g/mol. The third kappa shape index (κ3) is 3.93. The van der Waals surface area contributed by atoms with E-state index < -0.39 is 0 Å². The van der Waals surface area contributed by atoms with Gasteiger partial charge in [0.2, 0.25) is 0 Å². The summed E-state index contributed by atoms with van der Waals surface area (Å²) in [6.45, 7) is 2.26. The number of aliphatic imine (C=N–C) groups is 1. The molecule has 0 saturated carbocycles. The summed E-state index contributed by atoms with van der Waals surface area (Å²) in [6, 6.07) is 7.39. The molecule has 146 valence electrons. The molecule has 0 unspecified atom stereocenters. The minimum absolute atomic E-state index is 0.0454. The number of thiophene rings is 1. The summed E-state index contributed by atoms with van der Waals surface area (Å²) in [7, 11) is 1.61. The zero-order valence-corrected chi connectivity index (χ0v) is 17.5. The molecule has 0 fully saturated rings. The van der Waals surface area contributed by atoms with E-state index in [9.17, 15) is 4.79 Å². The molecule has 2 aromatic heterocycles. The molecule has 1 aliphatic rings. The number of nitrogens with zero attached hydrogens (tertiary/aromatic N) is 2. The van der Waals surface area contributed by atoms with Crippen molar-refractivity contribution in [3.63, 3.8) is 0 Å². The number of amidine groups is 1. The minimum atomic E-state index is -0.0454. The molecule has 8 heteroatoms. The molecule has 4 rings (SSSR count). The number of ether oxygens (including phenoxy) is 1. The van der Waals surface area contributed by atoms with E-state index in [1.165, 1.54) is 22.2 Å². The number of aryl methyl sites for hydroxylation is 1. The maximum Gasteiger partial charge on any atom is 0.259 e. The standard InChI is InChI=1S/C20H22N4O2S2/c1-11-6-7-14-15(8-11)28-19-17(14)18(25)23-16(24-19)10-27-20(21)22-12-4-3-5-13(9-12)26-2/h3-5,9,11H,6-8,10H2,1-2H3,(H2,21,22)(H,23,24,25)/t11-/m1/s1. The van der Waals surface area contributed by atoms with Crippen LogP contribution in [0, 0.1) is 5.92 Å². The van der Waals surface area contributed by atoms with Crippen LogP contribution in [-0.2, 0) is 18.6 Å². The van der Waals surface area contributed by atoms with Gasteiger partial charge in [0.25, 0.3) is 5.56 Å². The Morgan fingerprint density at radius 1 is 1.50 bits per heavy atom. The van der Waals surface area contributed by atoms with Crippen molar-refractivity contribution in [1.29, 1.82) is 0 Å². The van der Waals surface area contributed by atoms with Gasteiger partial charge < -0.3 is 15.5 Å². The number of aromatic nitrogens is 2. The second-order valence-corrected chi connectivity index (χ2v) is 9.06. The number of fused-ring (bicyclic) bond motifs is 3. The van der Waals surface area contributed by atoms with Crippen LogP contribution in [0.2, 0.25) is 0 Å². The van der Waals surface area contributed by atoms with Crippen molar-refractivity contribution in [2.24, 2.45) is 16.6 Å². The predicted molar refractivity (Wildman–Crippen MR) is 117 cm³/mol. The maximum absolute atomic E-state index is 12.6. The van der Waals surface area contributed by atoms with Crippen molar-refractivity contribution in [3.05, 3.63) is 50.9 Å². The lowest BCUT2D eigenvalue weighted by Crippen LogP contribution is -2.15. The van der Waals surface area contributed by atoms with E-state index in [1.807, 2.05) is 24.3 Å². The highest BCUT2D eigenvalue weighted by molar-refractivity contribution is 8.13. The summed E-state index contributed by atoms with van der Waals surface area (Å²) < 4.78 is 5.20. The molecule has 1 atom stereocenters. The van der Waals surface area contributed by atoms with Crippen LogP contribution < -0.4 is 16.0 Å². The molecule has 6 nitrogen and oxygen atoms in total. The first-order valence-electron chi connectivity index (χ1n) is 9.18. The molecule has 0 amide bonds. The minimum Gasteiger partial charge on any atom is -0.497 e. The Balaban J connectivity index is 1.53. The molecule has 3 aromatic rings. The summed E-state index contributed by atoms with van der Waals surface area (Å²) >= 11 is 3.01. The fourth-order valence-corrected chi connectivity index (χ4v) is 5.44. The molecular formula is C20H22N4O2S2. The number of rotatable bonds is 4. The third-order valence-corrected chi connectivity index (χ3v) is 6.82. The van der Waals surface area contributed by atoms with E-state index in [-0.39, 0.29) is 5.56 Å². The predicted octanol–water partition coefficient (Wildman–Crippen LogP) is 4.00. The van der Waals surface area contributed by atoms with Gasteiger partial charge in [-0.1, -0.05) is 24.8 Å². The maximum atomic E-state index is 12.6. The lowest BCUT2D eigenvalue weighted by Gasteiger charge is -2.17. The van der Waals surface area contributed by atoms with Gasteiger partial charge in [-0.15, -0.1) is 11.3 Å². The normalized spacial score (nSPS) is 16.9. The van der Waals surface area contributed by atoms with E-state index in [0.29, 0.717) is 22.7 Å². The van der Waals surface area contributed by atoms with Gasteiger partial charge in [-0.3, -0.25) is 4.79 Å². The Hall–Kier alpha value is -2.32. The quantitative estimate of drug-likeness (QED) is 0.497. The summed E-state index contributed by atoms with van der Waals surface area (Å²) in [5, 5.41) is 1.19. The van der Waals surface area contributed by atoms with Gasteiger partial charge in [0, 0.05) is 10.9 Å². The van der Waals surface area contributed by atoms with Crippen LogP contribution in [0.1, 0.15) is 29.6 Å². The number of H-pyrrole nitrogens is 1. The highest BCUT2D eigenvalue weighted by Crippen LogP contribution is 2.35. The molecule has 0 spiro atoms. The SMILES string of the molecule is COc1cccc(N=C(N)SCc2nc3sc4c(c3c(=O)[nH]2)CC[C@@H](C)C4)c1. The monoisotopic (exact) mass is 414 g/mol. The zero-order valence-electron chi connectivity index (χ0n) is 15.8. The van der Waals surface area contributed by atoms with Gasteiger partial charge in [-0.05, 0) is 42.9 Å². The van der Waals surface area contributed by atoms with Gasteiger partial charge in [0.1, 0.15) is 16.4 Å². The number of hydrogen-bond donors (Lipinski definition) is 2. The third-order valence-electron chi connectivity index (χ3n) is 4.86. The van der Waals surface area contributed by atoms with E-state index in [1.54, 1.807) is 18.4 Å². The number of hydrogen-bond acceptors (Lipinski definition) is 6. The molecule has 1 aliphatic carbocycles. The van der Waals surface area contributed by atoms with Gasteiger partial charge >= 0.3 is 0 Å². The topological polar surface area (TPSA) is 93.4 Å². The Morgan fingerprint density at radius 2 is 2.36 bits per heavy atom. The van der Waals surface area contributed by atoms with Crippen LogP contribution in [0.5, 0.6) is 5.75 Å². The van der Waals surface area contributed by atoms with E-state index in [2.05, 4.69) is 21.9 Å². The molecule has 0 radical (unpaired) electrons. The van der Waals surface area contributed by atoms with E-state index in [0.717, 1.165) is 40.9 Å². The van der Waals surface area contributed by atoms with Crippen molar-refractivity contribution < 1.29 is 4.74 Å². The molecule has 3 N–H and O–H groups in total. The second-order valence-electron chi connectivity index (χ2n) is 6.98. The molecule has 0 bridgehead atoms. The molecule has 2 heterocycles. The highest BCUT2D eigenvalue weighted by atomic mass is 32.2. The number of methoxy groups -OCH3 is 1. The summed E-state index contributed by atoms with van der Waals surface area (Å²) in [4.78, 5) is 26.8. The fourth-order valence-electron chi connectivity index (χ4n) is 3.44. The van der Waals surface area contributed by atoms with Gasteiger partial charge in [0.15, 0.2) is 5.17 Å². The largest absolute Gasteiger partial charge is 0.497 e. The first-order chi connectivity index (χ1) is 13.5. The molecule has 1 aromatic carbocycles. The second kappa shape index (κ2) is 7.97. The fraction of sp³-hybridized carbons (Fsp3) is 0.350. The van der Waals surface area contributed by atoms with Gasteiger partial charge in [-0.2, -0.15) is 0 Å². The van der Waals surface area contributed by atoms with Crippen molar-refractivity contribution in [3.8, 4) is 5.75 Å². The smallest absolute Gasteiger partial charge is 0.259 e. The van der Waals surface area contributed by atoms with Crippen LogP contribution in [0.25, 0.3) is 10.2 Å². The van der Waals surface area contributed by atoms with Gasteiger partial charge in [0.05, 0.1) is 23.9 Å². The first-order valence-corrected chi connectivity index (χ1v) is 11.0. The molecule has 0 saturated heterocycles. The Labute approximate surface area is 171 Å².